The highest BCUT2D eigenvalue weighted by molar-refractivity contribution is 14.1. The minimum atomic E-state index is -0.834. The molecule has 0 aliphatic rings. The van der Waals surface area contributed by atoms with Gasteiger partial charge in [0.1, 0.15) is 11.4 Å². The van der Waals surface area contributed by atoms with E-state index in [1.54, 1.807) is 22.6 Å². The summed E-state index contributed by atoms with van der Waals surface area (Å²) in [4.78, 5) is 11.5. The Morgan fingerprint density at radius 2 is 2.06 bits per heavy atom. The van der Waals surface area contributed by atoms with Gasteiger partial charge in [-0.15, -0.1) is 0 Å². The average molecular weight is 339 g/mol. The Bertz CT molecular complexity index is 407. The molecule has 0 heterocycles. The van der Waals surface area contributed by atoms with Gasteiger partial charge in [0.2, 0.25) is 0 Å². The Morgan fingerprint density at radius 1 is 1.44 bits per heavy atom. The van der Waals surface area contributed by atoms with E-state index in [2.05, 4.69) is 5.32 Å². The SMILES string of the molecule is CC(C)CNC(=O)c1c(F)ccc(I)c1F. The molecule has 0 aliphatic heterocycles. The number of hydrogen-bond donors (Lipinski definition) is 1. The number of carbonyl (C=O) groups is 1. The normalized spacial score (nSPS) is 10.6. The maximum absolute atomic E-state index is 13.5. The summed E-state index contributed by atoms with van der Waals surface area (Å²) < 4.78 is 27.1. The summed E-state index contributed by atoms with van der Waals surface area (Å²) in [7, 11) is 0. The van der Waals surface area contributed by atoms with Crippen molar-refractivity contribution in [3.63, 3.8) is 0 Å². The van der Waals surface area contributed by atoms with E-state index in [4.69, 9.17) is 0 Å². The first kappa shape index (κ1) is 13.3. The summed E-state index contributed by atoms with van der Waals surface area (Å²) in [5, 5.41) is 2.48. The van der Waals surface area contributed by atoms with Crippen LogP contribution in [-0.2, 0) is 0 Å². The number of benzene rings is 1. The van der Waals surface area contributed by atoms with Crippen molar-refractivity contribution in [3.05, 3.63) is 32.9 Å². The van der Waals surface area contributed by atoms with Crippen LogP contribution in [0.15, 0.2) is 12.1 Å². The van der Waals surface area contributed by atoms with Crippen molar-refractivity contribution in [2.45, 2.75) is 13.8 Å². The third-order valence-electron chi connectivity index (χ3n) is 1.94. The van der Waals surface area contributed by atoms with Crippen molar-refractivity contribution in [2.75, 3.05) is 6.54 Å². The highest BCUT2D eigenvalue weighted by atomic mass is 127. The van der Waals surface area contributed by atoms with Crippen molar-refractivity contribution in [1.82, 2.24) is 5.32 Å². The van der Waals surface area contributed by atoms with Crippen LogP contribution in [0.2, 0.25) is 0 Å². The monoisotopic (exact) mass is 339 g/mol. The smallest absolute Gasteiger partial charge is 0.257 e. The lowest BCUT2D eigenvalue weighted by Crippen LogP contribution is -2.29. The molecular formula is C11H12F2INO. The lowest BCUT2D eigenvalue weighted by atomic mass is 10.1. The van der Waals surface area contributed by atoms with Gasteiger partial charge in [-0.2, -0.15) is 0 Å². The second kappa shape index (κ2) is 5.56. The first-order valence-electron chi connectivity index (χ1n) is 4.85. The molecule has 5 heteroatoms. The van der Waals surface area contributed by atoms with Gasteiger partial charge in [0.25, 0.3) is 5.91 Å². The number of hydrogen-bond acceptors (Lipinski definition) is 1. The van der Waals surface area contributed by atoms with Gasteiger partial charge >= 0.3 is 0 Å². The van der Waals surface area contributed by atoms with Crippen LogP contribution in [-0.4, -0.2) is 12.5 Å². The van der Waals surface area contributed by atoms with Crippen LogP contribution < -0.4 is 5.32 Å². The lowest BCUT2D eigenvalue weighted by molar-refractivity contribution is 0.0940. The van der Waals surface area contributed by atoms with Crippen LogP contribution >= 0.6 is 22.6 Å². The molecule has 0 aliphatic carbocycles. The van der Waals surface area contributed by atoms with Gasteiger partial charge in [-0.05, 0) is 40.6 Å². The first-order valence-corrected chi connectivity index (χ1v) is 5.93. The molecule has 88 valence electrons. The van der Waals surface area contributed by atoms with E-state index >= 15 is 0 Å². The van der Waals surface area contributed by atoms with Crippen molar-refractivity contribution < 1.29 is 13.6 Å². The predicted octanol–water partition coefficient (Wildman–Crippen LogP) is 2.96. The largest absolute Gasteiger partial charge is 0.352 e. The molecule has 0 aromatic heterocycles. The Kier molecular flexibility index (Phi) is 4.64. The van der Waals surface area contributed by atoms with Crippen LogP contribution in [0.1, 0.15) is 24.2 Å². The van der Waals surface area contributed by atoms with Gasteiger partial charge in [-0.25, -0.2) is 8.78 Å². The van der Waals surface area contributed by atoms with E-state index < -0.39 is 23.1 Å². The fraction of sp³-hybridized carbons (Fsp3) is 0.364. The summed E-state index contributed by atoms with van der Waals surface area (Å²) in [6.45, 7) is 4.20. The molecular weight excluding hydrogens is 327 g/mol. The molecule has 1 aromatic carbocycles. The second-order valence-corrected chi connectivity index (χ2v) is 4.98. The van der Waals surface area contributed by atoms with E-state index in [0.717, 1.165) is 6.07 Å². The average Bonchev–Trinajstić information content (AvgIpc) is 2.21. The Morgan fingerprint density at radius 3 is 2.62 bits per heavy atom. The quantitative estimate of drug-likeness (QED) is 0.666. The standard InChI is InChI=1S/C11H12F2INO/c1-6(2)5-15-11(16)9-7(12)3-4-8(14)10(9)13/h3-4,6H,5H2,1-2H3,(H,15,16). The number of amides is 1. The van der Waals surface area contributed by atoms with Gasteiger partial charge in [-0.3, -0.25) is 4.79 Å². The second-order valence-electron chi connectivity index (χ2n) is 3.82. The van der Waals surface area contributed by atoms with E-state index in [9.17, 15) is 13.6 Å². The minimum Gasteiger partial charge on any atom is -0.352 e. The molecule has 0 bridgehead atoms. The van der Waals surface area contributed by atoms with Crippen molar-refractivity contribution in [1.29, 1.82) is 0 Å². The molecule has 0 saturated carbocycles. The maximum atomic E-state index is 13.5. The lowest BCUT2D eigenvalue weighted by Gasteiger charge is -2.09. The molecule has 0 radical (unpaired) electrons. The topological polar surface area (TPSA) is 29.1 Å². The molecule has 0 atom stereocenters. The van der Waals surface area contributed by atoms with Crippen molar-refractivity contribution in [2.24, 2.45) is 5.92 Å². The van der Waals surface area contributed by atoms with E-state index in [0.29, 0.717) is 6.54 Å². The van der Waals surface area contributed by atoms with Gasteiger partial charge in [0.05, 0.1) is 0 Å². The third-order valence-corrected chi connectivity index (χ3v) is 2.78. The molecule has 1 aromatic rings. The molecule has 0 unspecified atom stereocenters. The molecule has 2 nitrogen and oxygen atoms in total. The molecule has 1 rings (SSSR count). The third kappa shape index (κ3) is 3.13. The summed E-state index contributed by atoms with van der Waals surface area (Å²) in [5.41, 5.74) is -0.507. The van der Waals surface area contributed by atoms with Crippen molar-refractivity contribution >= 4 is 28.5 Å². The molecule has 0 spiro atoms. The van der Waals surface area contributed by atoms with E-state index in [1.165, 1.54) is 6.07 Å². The Hall–Kier alpha value is -0.720. The first-order chi connectivity index (χ1) is 7.43. The van der Waals surface area contributed by atoms with Crippen molar-refractivity contribution in [3.8, 4) is 0 Å². The molecule has 1 N–H and O–H groups in total. The molecule has 0 saturated heterocycles. The minimum absolute atomic E-state index is 0.230. The van der Waals surface area contributed by atoms with Crippen LogP contribution in [0.25, 0.3) is 0 Å². The van der Waals surface area contributed by atoms with Crippen LogP contribution in [0.5, 0.6) is 0 Å². The van der Waals surface area contributed by atoms with E-state index in [-0.39, 0.29) is 9.49 Å². The molecule has 0 fully saturated rings. The fourth-order valence-corrected chi connectivity index (χ4v) is 1.57. The molecule has 16 heavy (non-hydrogen) atoms. The van der Waals surface area contributed by atoms with Gasteiger partial charge in [-0.1, -0.05) is 13.8 Å². The van der Waals surface area contributed by atoms with Crippen LogP contribution in [0.4, 0.5) is 8.78 Å². The summed E-state index contributed by atoms with van der Waals surface area (Å²) in [6.07, 6.45) is 0. The number of halogens is 3. The highest BCUT2D eigenvalue weighted by Gasteiger charge is 2.19. The Labute approximate surface area is 107 Å². The molecule has 1 amide bonds. The predicted molar refractivity (Wildman–Crippen MR) is 66.2 cm³/mol. The number of rotatable bonds is 3. The zero-order valence-corrected chi connectivity index (χ0v) is 11.1. The van der Waals surface area contributed by atoms with E-state index in [1.807, 2.05) is 13.8 Å². The number of nitrogens with one attached hydrogen (secondary N) is 1. The summed E-state index contributed by atoms with van der Waals surface area (Å²) >= 11 is 1.72. The van der Waals surface area contributed by atoms with Gasteiger partial charge in [0, 0.05) is 10.1 Å². The highest BCUT2D eigenvalue weighted by Crippen LogP contribution is 2.18. The maximum Gasteiger partial charge on any atom is 0.257 e. The Balaban J connectivity index is 2.95. The number of carbonyl (C=O) groups excluding carboxylic acids is 1. The van der Waals surface area contributed by atoms with Gasteiger partial charge < -0.3 is 5.32 Å². The zero-order chi connectivity index (χ0) is 12.3. The van der Waals surface area contributed by atoms with Crippen LogP contribution in [0, 0.1) is 21.1 Å². The zero-order valence-electron chi connectivity index (χ0n) is 8.98. The fourth-order valence-electron chi connectivity index (χ4n) is 1.12. The summed E-state index contributed by atoms with van der Waals surface area (Å²) in [6, 6.07) is 2.39. The summed E-state index contributed by atoms with van der Waals surface area (Å²) in [5.74, 6) is -2.11. The van der Waals surface area contributed by atoms with Crippen LogP contribution in [0.3, 0.4) is 0 Å². The van der Waals surface area contributed by atoms with Gasteiger partial charge in [0.15, 0.2) is 5.82 Å².